The third-order valence-electron chi connectivity index (χ3n) is 5.34. The van der Waals surface area contributed by atoms with Crippen LogP contribution in [-0.2, 0) is 0 Å². The normalized spacial score (nSPS) is 35.0. The molecule has 1 saturated carbocycles. The molecule has 2 fully saturated rings. The molecule has 118 valence electrons. The summed E-state index contributed by atoms with van der Waals surface area (Å²) < 4.78 is 0. The molecular weight excluding hydrogens is 248 g/mol. The van der Waals surface area contributed by atoms with Gasteiger partial charge in [-0.1, -0.05) is 26.7 Å². The van der Waals surface area contributed by atoms with E-state index in [4.69, 9.17) is 5.11 Å². The lowest BCUT2D eigenvalue weighted by Crippen LogP contribution is -2.56. The van der Waals surface area contributed by atoms with E-state index in [0.717, 1.165) is 30.8 Å². The van der Waals surface area contributed by atoms with Crippen molar-refractivity contribution in [1.82, 2.24) is 10.2 Å². The number of unbranched alkanes of at least 4 members (excludes halogenated alkanes) is 1. The zero-order chi connectivity index (χ0) is 14.4. The number of hydrogen-bond acceptors (Lipinski definition) is 3. The third kappa shape index (κ3) is 4.44. The molecule has 2 aliphatic rings. The summed E-state index contributed by atoms with van der Waals surface area (Å²) in [7, 11) is 0. The van der Waals surface area contributed by atoms with Crippen molar-refractivity contribution >= 4 is 0 Å². The topological polar surface area (TPSA) is 35.5 Å². The molecule has 3 heteroatoms. The first-order valence-corrected chi connectivity index (χ1v) is 8.82. The smallest absolute Gasteiger partial charge is 0.0443 e. The fourth-order valence-electron chi connectivity index (χ4n) is 3.94. The van der Waals surface area contributed by atoms with Crippen molar-refractivity contribution in [2.75, 3.05) is 26.2 Å². The second-order valence-electron chi connectivity index (χ2n) is 7.05. The Labute approximate surface area is 125 Å². The maximum atomic E-state index is 8.94. The number of nitrogens with one attached hydrogen (secondary N) is 1. The Morgan fingerprint density at radius 3 is 2.65 bits per heavy atom. The van der Waals surface area contributed by atoms with E-state index in [0.29, 0.717) is 12.6 Å². The van der Waals surface area contributed by atoms with Gasteiger partial charge >= 0.3 is 0 Å². The number of aliphatic hydroxyl groups is 1. The van der Waals surface area contributed by atoms with Crippen LogP contribution in [0.2, 0.25) is 0 Å². The minimum Gasteiger partial charge on any atom is -0.396 e. The summed E-state index contributed by atoms with van der Waals surface area (Å²) in [5, 5.41) is 12.6. The van der Waals surface area contributed by atoms with Crippen molar-refractivity contribution in [3.05, 3.63) is 0 Å². The summed E-state index contributed by atoms with van der Waals surface area (Å²) in [6.07, 6.45) is 9.14. The first kappa shape index (κ1) is 16.3. The van der Waals surface area contributed by atoms with Crippen LogP contribution in [0, 0.1) is 11.8 Å². The van der Waals surface area contributed by atoms with Crippen LogP contribution in [0.15, 0.2) is 0 Å². The predicted molar refractivity (Wildman–Crippen MR) is 84.9 cm³/mol. The maximum absolute atomic E-state index is 8.94. The molecule has 0 aromatic heterocycles. The van der Waals surface area contributed by atoms with Crippen molar-refractivity contribution in [3.63, 3.8) is 0 Å². The number of nitrogens with zero attached hydrogens (tertiary/aromatic N) is 1. The van der Waals surface area contributed by atoms with E-state index in [-0.39, 0.29) is 0 Å². The van der Waals surface area contributed by atoms with Gasteiger partial charge in [-0.2, -0.15) is 0 Å². The Balaban J connectivity index is 1.84. The summed E-state index contributed by atoms with van der Waals surface area (Å²) in [6.45, 7) is 8.54. The molecular formula is C17H34N2O. The highest BCUT2D eigenvalue weighted by molar-refractivity contribution is 4.92. The van der Waals surface area contributed by atoms with Crippen LogP contribution in [0.5, 0.6) is 0 Å². The largest absolute Gasteiger partial charge is 0.396 e. The molecule has 1 aliphatic carbocycles. The summed E-state index contributed by atoms with van der Waals surface area (Å²) in [6, 6.07) is 1.49. The highest BCUT2D eigenvalue weighted by atomic mass is 16.3. The Bertz CT molecular complexity index is 272. The van der Waals surface area contributed by atoms with Crippen molar-refractivity contribution in [2.24, 2.45) is 11.8 Å². The van der Waals surface area contributed by atoms with Crippen molar-refractivity contribution in [3.8, 4) is 0 Å². The number of likely N-dealkylation sites (tertiary alicyclic amines) is 1. The number of aliphatic hydroxyl groups excluding tert-OH is 1. The van der Waals surface area contributed by atoms with Crippen LogP contribution in [0.4, 0.5) is 0 Å². The summed E-state index contributed by atoms with van der Waals surface area (Å²) in [5.41, 5.74) is 0. The molecule has 0 aromatic rings. The molecule has 2 N–H and O–H groups in total. The van der Waals surface area contributed by atoms with Crippen LogP contribution < -0.4 is 5.32 Å². The second-order valence-corrected chi connectivity index (χ2v) is 7.05. The van der Waals surface area contributed by atoms with Gasteiger partial charge in [-0.3, -0.25) is 4.90 Å². The molecule has 0 radical (unpaired) electrons. The van der Waals surface area contributed by atoms with Gasteiger partial charge in [-0.25, -0.2) is 0 Å². The third-order valence-corrected chi connectivity index (χ3v) is 5.34. The Kier molecular flexibility index (Phi) is 6.79. The zero-order valence-corrected chi connectivity index (χ0v) is 13.5. The zero-order valence-electron chi connectivity index (χ0n) is 13.5. The second kappa shape index (κ2) is 8.35. The van der Waals surface area contributed by atoms with Gasteiger partial charge in [0.2, 0.25) is 0 Å². The van der Waals surface area contributed by atoms with Gasteiger partial charge in [0.15, 0.2) is 0 Å². The first-order valence-electron chi connectivity index (χ1n) is 8.82. The van der Waals surface area contributed by atoms with E-state index in [1.165, 1.54) is 51.6 Å². The fraction of sp³-hybridized carbons (Fsp3) is 1.00. The van der Waals surface area contributed by atoms with E-state index in [1.807, 2.05) is 0 Å². The highest BCUT2D eigenvalue weighted by Gasteiger charge is 2.37. The molecule has 1 aliphatic heterocycles. The molecule has 0 bridgehead atoms. The number of rotatable bonds is 8. The molecule has 0 spiro atoms. The van der Waals surface area contributed by atoms with E-state index in [1.54, 1.807) is 0 Å². The average molecular weight is 282 g/mol. The first-order chi connectivity index (χ1) is 9.74. The quantitative estimate of drug-likeness (QED) is 0.672. The van der Waals surface area contributed by atoms with Crippen LogP contribution >= 0.6 is 0 Å². The monoisotopic (exact) mass is 282 g/mol. The average Bonchev–Trinajstić information content (AvgIpc) is 2.43. The maximum Gasteiger partial charge on any atom is 0.0443 e. The highest BCUT2D eigenvalue weighted by Crippen LogP contribution is 2.35. The van der Waals surface area contributed by atoms with Crippen LogP contribution in [0.25, 0.3) is 0 Å². The fourth-order valence-corrected chi connectivity index (χ4v) is 3.94. The molecule has 4 unspecified atom stereocenters. The number of hydrogen-bond donors (Lipinski definition) is 2. The van der Waals surface area contributed by atoms with E-state index >= 15 is 0 Å². The number of piperidine rings is 1. The molecule has 1 heterocycles. The molecule has 0 aromatic carbocycles. The Morgan fingerprint density at radius 1 is 1.20 bits per heavy atom. The SMILES string of the molecule is CCCCC1CC(NCCCO)CN(C2CCC2C)C1. The van der Waals surface area contributed by atoms with Crippen molar-refractivity contribution < 1.29 is 5.11 Å². The van der Waals surface area contributed by atoms with E-state index in [9.17, 15) is 0 Å². The summed E-state index contributed by atoms with van der Waals surface area (Å²) in [5.74, 6) is 1.78. The molecule has 3 nitrogen and oxygen atoms in total. The van der Waals surface area contributed by atoms with E-state index < -0.39 is 0 Å². The minimum absolute atomic E-state index is 0.308. The van der Waals surface area contributed by atoms with Crippen LogP contribution in [0.3, 0.4) is 0 Å². The van der Waals surface area contributed by atoms with Crippen LogP contribution in [0.1, 0.15) is 58.8 Å². The van der Waals surface area contributed by atoms with Gasteiger partial charge in [0.25, 0.3) is 0 Å². The molecule has 0 amide bonds. The van der Waals surface area contributed by atoms with Gasteiger partial charge in [0, 0.05) is 31.8 Å². The van der Waals surface area contributed by atoms with E-state index in [2.05, 4.69) is 24.1 Å². The van der Waals surface area contributed by atoms with Gasteiger partial charge in [-0.05, 0) is 50.5 Å². The van der Waals surface area contributed by atoms with Gasteiger partial charge in [0.1, 0.15) is 0 Å². The summed E-state index contributed by atoms with van der Waals surface area (Å²) in [4.78, 5) is 2.77. The molecule has 20 heavy (non-hydrogen) atoms. The molecule has 1 saturated heterocycles. The van der Waals surface area contributed by atoms with Crippen molar-refractivity contribution in [1.29, 1.82) is 0 Å². The Hall–Kier alpha value is -0.120. The molecule has 2 rings (SSSR count). The standard InChI is InChI=1S/C17H34N2O/c1-3-4-6-15-11-16(18-9-5-10-20)13-19(12-15)17-8-7-14(17)2/h14-18,20H,3-13H2,1-2H3. The lowest BCUT2D eigenvalue weighted by atomic mass is 9.77. The predicted octanol–water partition coefficient (Wildman–Crippen LogP) is 2.64. The van der Waals surface area contributed by atoms with Crippen LogP contribution in [-0.4, -0.2) is 48.3 Å². The Morgan fingerprint density at radius 2 is 2.05 bits per heavy atom. The van der Waals surface area contributed by atoms with Gasteiger partial charge < -0.3 is 10.4 Å². The van der Waals surface area contributed by atoms with Gasteiger partial charge in [-0.15, -0.1) is 0 Å². The van der Waals surface area contributed by atoms with Gasteiger partial charge in [0.05, 0.1) is 0 Å². The lowest BCUT2D eigenvalue weighted by molar-refractivity contribution is 0.0206. The van der Waals surface area contributed by atoms with Crippen molar-refractivity contribution in [2.45, 2.75) is 70.9 Å². The lowest BCUT2D eigenvalue weighted by Gasteiger charge is -2.48. The molecule has 4 atom stereocenters. The minimum atomic E-state index is 0.308. The summed E-state index contributed by atoms with van der Waals surface area (Å²) >= 11 is 0.